The highest BCUT2D eigenvalue weighted by molar-refractivity contribution is 5.06. The van der Waals surface area contributed by atoms with Crippen LogP contribution in [0.1, 0.15) is 32.6 Å². The molecule has 2 heteroatoms. The molecule has 3 N–H and O–H groups in total. The molecule has 0 aliphatic heterocycles. The van der Waals surface area contributed by atoms with Gasteiger partial charge in [0.2, 0.25) is 0 Å². The molecule has 0 aromatic carbocycles. The maximum Gasteiger partial charge on any atom is 0.0691 e. The van der Waals surface area contributed by atoms with Crippen molar-refractivity contribution in [1.29, 1.82) is 0 Å². The Balaban J connectivity index is 1.91. The van der Waals surface area contributed by atoms with Crippen LogP contribution in [0.15, 0.2) is 12.2 Å². The molecule has 0 heterocycles. The zero-order chi connectivity index (χ0) is 10.1. The highest BCUT2D eigenvalue weighted by Gasteiger charge is 2.33. The van der Waals surface area contributed by atoms with E-state index in [0.717, 1.165) is 12.3 Å². The van der Waals surface area contributed by atoms with Gasteiger partial charge in [-0.15, -0.1) is 0 Å². The zero-order valence-electron chi connectivity index (χ0n) is 8.89. The lowest BCUT2D eigenvalue weighted by atomic mass is 9.67. The van der Waals surface area contributed by atoms with Crippen molar-refractivity contribution in [3.8, 4) is 0 Å². The molecule has 0 spiro atoms. The van der Waals surface area contributed by atoms with Gasteiger partial charge >= 0.3 is 0 Å². The minimum absolute atomic E-state index is 0.0839. The van der Waals surface area contributed by atoms with Gasteiger partial charge in [-0.05, 0) is 50.4 Å². The van der Waals surface area contributed by atoms with Crippen LogP contribution < -0.4 is 5.73 Å². The Morgan fingerprint density at radius 1 is 1.43 bits per heavy atom. The second kappa shape index (κ2) is 4.03. The van der Waals surface area contributed by atoms with Crippen LogP contribution in [0.25, 0.3) is 0 Å². The first-order valence-corrected chi connectivity index (χ1v) is 5.79. The minimum atomic E-state index is -0.312. The van der Waals surface area contributed by atoms with Gasteiger partial charge in [-0.25, -0.2) is 0 Å². The maximum absolute atomic E-state index is 9.76. The fourth-order valence-electron chi connectivity index (χ4n) is 2.85. The first kappa shape index (κ1) is 10.2. The lowest BCUT2D eigenvalue weighted by Gasteiger charge is -2.39. The van der Waals surface area contributed by atoms with Crippen molar-refractivity contribution in [2.75, 3.05) is 0 Å². The van der Waals surface area contributed by atoms with Crippen LogP contribution in [-0.4, -0.2) is 17.3 Å². The second-order valence-electron chi connectivity index (χ2n) is 5.04. The number of aliphatic hydroxyl groups excluding tert-OH is 1. The number of rotatable bonds is 3. The van der Waals surface area contributed by atoms with E-state index in [-0.39, 0.29) is 12.1 Å². The summed E-state index contributed by atoms with van der Waals surface area (Å²) in [6, 6.07) is -0.0839. The van der Waals surface area contributed by atoms with E-state index in [1.807, 2.05) is 6.92 Å². The number of hydrogen-bond acceptors (Lipinski definition) is 2. The molecule has 5 unspecified atom stereocenters. The Labute approximate surface area is 86.2 Å². The fraction of sp³-hybridized carbons (Fsp3) is 0.833. The summed E-state index contributed by atoms with van der Waals surface area (Å²) in [7, 11) is 0. The normalized spacial score (nSPS) is 39.8. The predicted octanol–water partition coefficient (Wildman–Crippen LogP) is 1.69. The van der Waals surface area contributed by atoms with E-state index in [2.05, 4.69) is 12.2 Å². The minimum Gasteiger partial charge on any atom is -0.392 e. The topological polar surface area (TPSA) is 46.2 Å². The fourth-order valence-corrected chi connectivity index (χ4v) is 2.85. The van der Waals surface area contributed by atoms with Crippen LogP contribution in [0.2, 0.25) is 0 Å². The smallest absolute Gasteiger partial charge is 0.0691 e. The third-order valence-electron chi connectivity index (χ3n) is 3.86. The molecule has 3 rings (SSSR count). The molecule has 0 aromatic rings. The van der Waals surface area contributed by atoms with E-state index in [9.17, 15) is 5.11 Å². The molecule has 0 aromatic heterocycles. The Morgan fingerprint density at radius 3 is 2.64 bits per heavy atom. The summed E-state index contributed by atoms with van der Waals surface area (Å²) in [4.78, 5) is 0. The first-order chi connectivity index (χ1) is 6.66. The van der Waals surface area contributed by atoms with Crippen molar-refractivity contribution in [3.05, 3.63) is 12.2 Å². The Bertz CT molecular complexity index is 224. The largest absolute Gasteiger partial charge is 0.392 e. The average molecular weight is 195 g/mol. The van der Waals surface area contributed by atoms with Crippen LogP contribution in [-0.2, 0) is 0 Å². The summed E-state index contributed by atoms with van der Waals surface area (Å²) in [5, 5.41) is 9.76. The SMILES string of the molecule is CC(N)C(O)CC1CC2C=CC1CC2. The molecule has 3 aliphatic carbocycles. The molecule has 1 saturated carbocycles. The molecule has 1 fully saturated rings. The van der Waals surface area contributed by atoms with Crippen molar-refractivity contribution in [2.24, 2.45) is 23.5 Å². The maximum atomic E-state index is 9.76. The van der Waals surface area contributed by atoms with E-state index in [1.165, 1.54) is 19.3 Å². The molecule has 2 nitrogen and oxygen atoms in total. The van der Waals surface area contributed by atoms with Gasteiger partial charge in [-0.2, -0.15) is 0 Å². The molecule has 80 valence electrons. The van der Waals surface area contributed by atoms with Crippen LogP contribution in [0.3, 0.4) is 0 Å². The molecule has 5 atom stereocenters. The molecule has 0 radical (unpaired) electrons. The van der Waals surface area contributed by atoms with Crippen molar-refractivity contribution in [3.63, 3.8) is 0 Å². The highest BCUT2D eigenvalue weighted by Crippen LogP contribution is 2.42. The summed E-state index contributed by atoms with van der Waals surface area (Å²) < 4.78 is 0. The van der Waals surface area contributed by atoms with Gasteiger partial charge in [0.1, 0.15) is 0 Å². The number of hydrogen-bond donors (Lipinski definition) is 2. The van der Waals surface area contributed by atoms with Crippen molar-refractivity contribution in [2.45, 2.75) is 44.8 Å². The van der Waals surface area contributed by atoms with Crippen LogP contribution >= 0.6 is 0 Å². The zero-order valence-corrected chi connectivity index (χ0v) is 8.89. The number of fused-ring (bicyclic) bond motifs is 2. The van der Waals surface area contributed by atoms with Gasteiger partial charge in [-0.1, -0.05) is 12.2 Å². The van der Waals surface area contributed by atoms with E-state index in [0.29, 0.717) is 11.8 Å². The standard InChI is InChI=1S/C12H21NO/c1-8(13)12(14)7-11-6-9-2-4-10(11)5-3-9/h2,4,8-12,14H,3,5-7,13H2,1H3. The summed E-state index contributed by atoms with van der Waals surface area (Å²) in [5.74, 6) is 2.18. The molecule has 14 heavy (non-hydrogen) atoms. The number of nitrogens with two attached hydrogens (primary N) is 1. The van der Waals surface area contributed by atoms with E-state index in [4.69, 9.17) is 5.73 Å². The predicted molar refractivity (Wildman–Crippen MR) is 57.7 cm³/mol. The van der Waals surface area contributed by atoms with Crippen molar-refractivity contribution >= 4 is 0 Å². The summed E-state index contributed by atoms with van der Waals surface area (Å²) in [6.07, 6.45) is 9.24. The van der Waals surface area contributed by atoms with Crippen LogP contribution in [0, 0.1) is 17.8 Å². The number of aliphatic hydroxyl groups is 1. The van der Waals surface area contributed by atoms with E-state index in [1.54, 1.807) is 0 Å². The van der Waals surface area contributed by atoms with Crippen molar-refractivity contribution < 1.29 is 5.11 Å². The molecular weight excluding hydrogens is 174 g/mol. The van der Waals surface area contributed by atoms with Gasteiger partial charge in [0.15, 0.2) is 0 Å². The Hall–Kier alpha value is -0.340. The number of allylic oxidation sites excluding steroid dienone is 2. The molecule has 0 amide bonds. The monoisotopic (exact) mass is 195 g/mol. The summed E-state index contributed by atoms with van der Waals surface area (Å²) in [6.45, 7) is 1.89. The average Bonchev–Trinajstić information content (AvgIpc) is 2.19. The van der Waals surface area contributed by atoms with Crippen LogP contribution in [0.4, 0.5) is 0 Å². The lowest BCUT2D eigenvalue weighted by molar-refractivity contribution is 0.0873. The molecular formula is C12H21NO. The van der Waals surface area contributed by atoms with Gasteiger partial charge < -0.3 is 10.8 Å². The molecule has 3 aliphatic rings. The van der Waals surface area contributed by atoms with E-state index < -0.39 is 0 Å². The highest BCUT2D eigenvalue weighted by atomic mass is 16.3. The third-order valence-corrected chi connectivity index (χ3v) is 3.86. The van der Waals surface area contributed by atoms with Crippen LogP contribution in [0.5, 0.6) is 0 Å². The Morgan fingerprint density at radius 2 is 2.21 bits per heavy atom. The van der Waals surface area contributed by atoms with Gasteiger partial charge in [0.25, 0.3) is 0 Å². The summed E-state index contributed by atoms with van der Waals surface area (Å²) in [5.41, 5.74) is 5.68. The third kappa shape index (κ3) is 2.01. The van der Waals surface area contributed by atoms with Gasteiger partial charge in [0, 0.05) is 6.04 Å². The second-order valence-corrected chi connectivity index (χ2v) is 5.04. The Kier molecular flexibility index (Phi) is 2.93. The first-order valence-electron chi connectivity index (χ1n) is 5.79. The summed E-state index contributed by atoms with van der Waals surface area (Å²) >= 11 is 0. The molecule has 0 saturated heterocycles. The lowest BCUT2D eigenvalue weighted by Crippen LogP contribution is -2.37. The van der Waals surface area contributed by atoms with Crippen molar-refractivity contribution in [1.82, 2.24) is 0 Å². The quantitative estimate of drug-likeness (QED) is 0.673. The molecule has 2 bridgehead atoms. The van der Waals surface area contributed by atoms with Gasteiger partial charge in [-0.3, -0.25) is 0 Å². The van der Waals surface area contributed by atoms with Gasteiger partial charge in [0.05, 0.1) is 6.10 Å². The van der Waals surface area contributed by atoms with E-state index >= 15 is 0 Å².